The number of hydrogen-bond donors (Lipinski definition) is 0. The van der Waals surface area contributed by atoms with Crippen LogP contribution < -0.4 is 0 Å². The zero-order chi connectivity index (χ0) is 19.9. The van der Waals surface area contributed by atoms with Gasteiger partial charge in [-0.3, -0.25) is 0 Å². The summed E-state index contributed by atoms with van der Waals surface area (Å²) in [6, 6.07) is 8.83. The molecular weight excluding hydrogens is 344 g/mol. The van der Waals surface area contributed by atoms with Gasteiger partial charge in [-0.15, -0.1) is 0 Å². The zero-order valence-corrected chi connectivity index (χ0v) is 18.7. The van der Waals surface area contributed by atoms with E-state index < -0.39 is 0 Å². The maximum atomic E-state index is 6.19. The summed E-state index contributed by atoms with van der Waals surface area (Å²) in [6.07, 6.45) is 11.3. The summed E-state index contributed by atoms with van der Waals surface area (Å²) in [5.74, 6) is 3.96. The summed E-state index contributed by atoms with van der Waals surface area (Å²) < 4.78 is 12.4. The Kier molecular flexibility index (Phi) is 8.41. The average molecular weight is 387 g/mol. The molecule has 1 aromatic rings. The second kappa shape index (κ2) is 10.8. The van der Waals surface area contributed by atoms with E-state index in [0.29, 0.717) is 11.8 Å². The molecule has 2 nitrogen and oxygen atoms in total. The van der Waals surface area contributed by atoms with Gasteiger partial charge < -0.3 is 9.47 Å². The Labute approximate surface area is 173 Å². The van der Waals surface area contributed by atoms with Gasteiger partial charge in [0.15, 0.2) is 6.29 Å². The van der Waals surface area contributed by atoms with Gasteiger partial charge in [-0.25, -0.2) is 0 Å². The summed E-state index contributed by atoms with van der Waals surface area (Å²) in [5.41, 5.74) is 2.66. The predicted molar refractivity (Wildman–Crippen MR) is 118 cm³/mol. The molecule has 0 unspecified atom stereocenters. The lowest BCUT2D eigenvalue weighted by molar-refractivity contribution is -0.218. The lowest BCUT2D eigenvalue weighted by Crippen LogP contribution is -2.38. The van der Waals surface area contributed by atoms with Gasteiger partial charge in [0.1, 0.15) is 0 Å². The molecule has 0 spiro atoms. The summed E-state index contributed by atoms with van der Waals surface area (Å²) in [5, 5.41) is 0. The molecule has 3 fully saturated rings. The largest absolute Gasteiger partial charge is 0.352 e. The van der Waals surface area contributed by atoms with Crippen molar-refractivity contribution < 1.29 is 9.47 Å². The molecule has 2 heteroatoms. The van der Waals surface area contributed by atoms with Gasteiger partial charge in [-0.1, -0.05) is 63.4 Å². The van der Waals surface area contributed by atoms with Gasteiger partial charge in [-0.2, -0.15) is 0 Å². The molecule has 0 radical (unpaired) electrons. The first-order valence-electron chi connectivity index (χ1n) is 12.0. The molecule has 1 aromatic carbocycles. The fourth-order valence-corrected chi connectivity index (χ4v) is 5.47. The van der Waals surface area contributed by atoms with E-state index in [1.165, 1.54) is 62.5 Å². The summed E-state index contributed by atoms with van der Waals surface area (Å²) >= 11 is 0. The van der Waals surface area contributed by atoms with E-state index in [2.05, 4.69) is 38.1 Å². The minimum Gasteiger partial charge on any atom is -0.352 e. The highest BCUT2D eigenvalue weighted by atomic mass is 16.7. The van der Waals surface area contributed by atoms with Crippen molar-refractivity contribution in [1.29, 1.82) is 0 Å². The third-order valence-electron chi connectivity index (χ3n) is 7.40. The van der Waals surface area contributed by atoms with Gasteiger partial charge in [-0.05, 0) is 68.8 Å². The number of rotatable bonds is 3. The Morgan fingerprint density at radius 1 is 0.679 bits per heavy atom. The molecule has 0 aromatic heterocycles. The lowest BCUT2D eigenvalue weighted by Gasteiger charge is -2.40. The third-order valence-corrected chi connectivity index (χ3v) is 7.40. The van der Waals surface area contributed by atoms with Gasteiger partial charge in [0.25, 0.3) is 0 Å². The van der Waals surface area contributed by atoms with E-state index in [1.807, 2.05) is 13.8 Å². The normalized spacial score (nSPS) is 36.3. The Hall–Kier alpha value is -0.860. The van der Waals surface area contributed by atoms with Crippen LogP contribution in [0, 0.1) is 30.6 Å². The van der Waals surface area contributed by atoms with Crippen LogP contribution >= 0.6 is 0 Å². The molecule has 0 bridgehead atoms. The molecule has 28 heavy (non-hydrogen) atoms. The van der Waals surface area contributed by atoms with E-state index >= 15 is 0 Å². The first-order chi connectivity index (χ1) is 13.7. The first-order valence-corrected chi connectivity index (χ1v) is 12.0. The third kappa shape index (κ3) is 5.60. The van der Waals surface area contributed by atoms with E-state index in [9.17, 15) is 0 Å². The van der Waals surface area contributed by atoms with E-state index in [1.54, 1.807) is 0 Å². The highest BCUT2D eigenvalue weighted by Crippen LogP contribution is 2.43. The van der Waals surface area contributed by atoms with Crippen molar-refractivity contribution >= 4 is 0 Å². The summed E-state index contributed by atoms with van der Waals surface area (Å²) in [7, 11) is 0. The zero-order valence-electron chi connectivity index (χ0n) is 18.7. The van der Waals surface area contributed by atoms with Crippen LogP contribution in [-0.2, 0) is 9.47 Å². The van der Waals surface area contributed by atoms with Crippen molar-refractivity contribution in [1.82, 2.24) is 0 Å². The van der Waals surface area contributed by atoms with E-state index in [-0.39, 0.29) is 6.29 Å². The maximum absolute atomic E-state index is 6.19. The Morgan fingerprint density at radius 2 is 1.14 bits per heavy atom. The summed E-state index contributed by atoms with van der Waals surface area (Å²) in [4.78, 5) is 0. The molecule has 2 saturated carbocycles. The van der Waals surface area contributed by atoms with Crippen LogP contribution in [0.5, 0.6) is 0 Å². The van der Waals surface area contributed by atoms with Crippen LogP contribution in [0.15, 0.2) is 24.3 Å². The van der Waals surface area contributed by atoms with Crippen molar-refractivity contribution in [3.8, 4) is 0 Å². The molecule has 4 rings (SSSR count). The van der Waals surface area contributed by atoms with Crippen LogP contribution in [0.3, 0.4) is 0 Å². The highest BCUT2D eigenvalue weighted by Gasteiger charge is 2.35. The number of hydrogen-bond acceptors (Lipinski definition) is 2. The first kappa shape index (κ1) is 21.8. The minimum absolute atomic E-state index is 0.0454. The van der Waals surface area contributed by atoms with Gasteiger partial charge in [0, 0.05) is 11.8 Å². The van der Waals surface area contributed by atoms with Gasteiger partial charge >= 0.3 is 0 Å². The van der Waals surface area contributed by atoms with Crippen LogP contribution in [0.4, 0.5) is 0 Å². The fourth-order valence-electron chi connectivity index (χ4n) is 5.47. The molecule has 158 valence electrons. The second-order valence-corrected chi connectivity index (χ2v) is 9.34. The van der Waals surface area contributed by atoms with Gasteiger partial charge in [0.05, 0.1) is 13.2 Å². The monoisotopic (exact) mass is 386 g/mol. The average Bonchev–Trinajstić information content (AvgIpc) is 2.77. The quantitative estimate of drug-likeness (QED) is 0.551. The van der Waals surface area contributed by atoms with Crippen molar-refractivity contribution in [2.45, 2.75) is 91.3 Å². The molecule has 0 atom stereocenters. The number of aryl methyl sites for hydroxylation is 1. The molecular formula is C26H42O2. The molecule has 1 heterocycles. The molecule has 0 N–H and O–H groups in total. The summed E-state index contributed by atoms with van der Waals surface area (Å²) in [6.45, 7) is 10.2. The number of benzene rings is 1. The second-order valence-electron chi connectivity index (χ2n) is 9.34. The molecule has 2 aliphatic carbocycles. The smallest absolute Gasteiger partial charge is 0.160 e. The SMILES string of the molecule is CC.Cc1ccc(C2COC(C3CCC(C4CCC(C)CC4)CC3)OC2)cc1. The van der Waals surface area contributed by atoms with Crippen LogP contribution in [-0.4, -0.2) is 19.5 Å². The van der Waals surface area contributed by atoms with E-state index in [0.717, 1.165) is 31.0 Å². The maximum Gasteiger partial charge on any atom is 0.160 e. The van der Waals surface area contributed by atoms with Crippen molar-refractivity contribution in [3.05, 3.63) is 35.4 Å². The van der Waals surface area contributed by atoms with Crippen molar-refractivity contribution in [2.24, 2.45) is 23.7 Å². The molecule has 1 saturated heterocycles. The topological polar surface area (TPSA) is 18.5 Å². The highest BCUT2D eigenvalue weighted by molar-refractivity contribution is 5.24. The number of ether oxygens (including phenoxy) is 2. The molecule has 3 aliphatic rings. The molecule has 0 amide bonds. The van der Waals surface area contributed by atoms with Crippen molar-refractivity contribution in [2.75, 3.05) is 13.2 Å². The van der Waals surface area contributed by atoms with Crippen molar-refractivity contribution in [3.63, 3.8) is 0 Å². The van der Waals surface area contributed by atoms with Crippen LogP contribution in [0.1, 0.15) is 89.2 Å². The fraction of sp³-hybridized carbons (Fsp3) is 0.769. The Balaban J connectivity index is 0.00000109. The standard InChI is InChI=1S/C24H36O2.C2H6/c1-17-3-7-19(8-4-17)20-11-13-22(14-12-20)24-25-15-23(16-26-24)21-9-5-18(2)6-10-21;1-2/h5-6,9-10,17,19-20,22-24H,3-4,7-8,11-16H2,1-2H3;1-2H3. The minimum atomic E-state index is 0.0454. The molecule has 1 aliphatic heterocycles. The predicted octanol–water partition coefficient (Wildman–Crippen LogP) is 7.11. The van der Waals surface area contributed by atoms with E-state index in [4.69, 9.17) is 9.47 Å². The Bertz CT molecular complexity index is 542. The van der Waals surface area contributed by atoms with Crippen LogP contribution in [0.25, 0.3) is 0 Å². The lowest BCUT2D eigenvalue weighted by atomic mass is 9.69. The van der Waals surface area contributed by atoms with Gasteiger partial charge in [0.2, 0.25) is 0 Å². The Morgan fingerprint density at radius 3 is 1.68 bits per heavy atom. The van der Waals surface area contributed by atoms with Crippen LogP contribution in [0.2, 0.25) is 0 Å².